The van der Waals surface area contributed by atoms with Crippen LogP contribution in [0, 0.1) is 0 Å². The fraction of sp³-hybridized carbons (Fsp3) is 0.143. The van der Waals surface area contributed by atoms with Crippen LogP contribution in [-0.2, 0) is 6.42 Å². The molecule has 4 nitrogen and oxygen atoms in total. The molecule has 4 heteroatoms. The lowest BCUT2D eigenvalue weighted by Crippen LogP contribution is -2.22. The summed E-state index contributed by atoms with van der Waals surface area (Å²) in [5.74, 6) is 0.702. The molecule has 0 fully saturated rings. The third-order valence-electron chi connectivity index (χ3n) is 2.90. The fourth-order valence-electron chi connectivity index (χ4n) is 2.04. The standard InChI is InChI=1S/C14H12N2O2/c1-2-12-15-13-11(8-9-18-13)14(17)16(12)10-6-4-3-5-7-10/h3-9H,2H2,1H3. The summed E-state index contributed by atoms with van der Waals surface area (Å²) in [5, 5.41) is 0.510. The van der Waals surface area contributed by atoms with Crippen molar-refractivity contribution in [1.29, 1.82) is 0 Å². The van der Waals surface area contributed by atoms with E-state index in [1.165, 1.54) is 6.26 Å². The highest BCUT2D eigenvalue weighted by atomic mass is 16.3. The maximum Gasteiger partial charge on any atom is 0.269 e. The van der Waals surface area contributed by atoms with Crippen LogP contribution >= 0.6 is 0 Å². The first-order chi connectivity index (χ1) is 8.81. The molecule has 90 valence electrons. The molecule has 0 saturated carbocycles. The Morgan fingerprint density at radius 1 is 1.22 bits per heavy atom. The third-order valence-corrected chi connectivity index (χ3v) is 2.90. The number of hydrogen-bond acceptors (Lipinski definition) is 3. The monoisotopic (exact) mass is 240 g/mol. The Balaban J connectivity index is 2.40. The summed E-state index contributed by atoms with van der Waals surface area (Å²) in [6, 6.07) is 11.2. The van der Waals surface area contributed by atoms with Crippen molar-refractivity contribution in [2.45, 2.75) is 13.3 Å². The van der Waals surface area contributed by atoms with Gasteiger partial charge in [-0.05, 0) is 18.2 Å². The first-order valence-corrected chi connectivity index (χ1v) is 5.86. The Morgan fingerprint density at radius 3 is 2.72 bits per heavy atom. The van der Waals surface area contributed by atoms with Gasteiger partial charge in [-0.25, -0.2) is 0 Å². The molecule has 2 aromatic heterocycles. The summed E-state index contributed by atoms with van der Waals surface area (Å²) >= 11 is 0. The first-order valence-electron chi connectivity index (χ1n) is 5.86. The molecule has 0 aliphatic carbocycles. The number of fused-ring (bicyclic) bond motifs is 1. The van der Waals surface area contributed by atoms with E-state index in [9.17, 15) is 4.79 Å². The molecule has 3 aromatic rings. The van der Waals surface area contributed by atoms with E-state index in [1.807, 2.05) is 37.3 Å². The van der Waals surface area contributed by atoms with E-state index < -0.39 is 0 Å². The van der Waals surface area contributed by atoms with Crippen LogP contribution in [0.4, 0.5) is 0 Å². The molecule has 0 spiro atoms. The minimum Gasteiger partial charge on any atom is -0.446 e. The highest BCUT2D eigenvalue weighted by Crippen LogP contribution is 2.13. The van der Waals surface area contributed by atoms with Crippen molar-refractivity contribution < 1.29 is 4.42 Å². The molecule has 18 heavy (non-hydrogen) atoms. The zero-order valence-corrected chi connectivity index (χ0v) is 9.96. The predicted octanol–water partition coefficient (Wildman–Crippen LogP) is 2.54. The van der Waals surface area contributed by atoms with E-state index in [0.717, 1.165) is 5.69 Å². The van der Waals surface area contributed by atoms with Gasteiger partial charge in [0.25, 0.3) is 5.56 Å². The second-order valence-electron chi connectivity index (χ2n) is 4.00. The summed E-state index contributed by atoms with van der Waals surface area (Å²) in [4.78, 5) is 16.8. The molecule has 0 aliphatic heterocycles. The molecule has 2 heterocycles. The maximum absolute atomic E-state index is 12.4. The van der Waals surface area contributed by atoms with E-state index in [4.69, 9.17) is 4.42 Å². The summed E-state index contributed by atoms with van der Waals surface area (Å²) in [6.45, 7) is 1.97. The van der Waals surface area contributed by atoms with Gasteiger partial charge < -0.3 is 4.42 Å². The van der Waals surface area contributed by atoms with Crippen molar-refractivity contribution in [3.8, 4) is 5.69 Å². The first kappa shape index (κ1) is 10.8. The Hall–Kier alpha value is -2.36. The molecule has 0 bridgehead atoms. The maximum atomic E-state index is 12.4. The smallest absolute Gasteiger partial charge is 0.269 e. The minimum absolute atomic E-state index is 0.0863. The van der Waals surface area contributed by atoms with Gasteiger partial charge in [0.05, 0.1) is 12.0 Å². The Bertz CT molecular complexity index is 741. The van der Waals surface area contributed by atoms with Crippen LogP contribution < -0.4 is 5.56 Å². The highest BCUT2D eigenvalue weighted by molar-refractivity contribution is 5.72. The van der Waals surface area contributed by atoms with E-state index in [0.29, 0.717) is 23.3 Å². The number of nitrogens with zero attached hydrogens (tertiary/aromatic N) is 2. The van der Waals surface area contributed by atoms with Crippen LogP contribution in [0.25, 0.3) is 16.8 Å². The average Bonchev–Trinajstić information content (AvgIpc) is 2.88. The summed E-state index contributed by atoms with van der Waals surface area (Å²) < 4.78 is 6.84. The van der Waals surface area contributed by atoms with Gasteiger partial charge in [-0.15, -0.1) is 0 Å². The number of hydrogen-bond donors (Lipinski definition) is 0. The van der Waals surface area contributed by atoms with Gasteiger partial charge in [0.15, 0.2) is 0 Å². The SMILES string of the molecule is CCc1nc2occc2c(=O)n1-c1ccccc1. The van der Waals surface area contributed by atoms with Crippen LogP contribution in [0.15, 0.2) is 51.9 Å². The Kier molecular flexibility index (Phi) is 2.48. The Labute approximate surface area is 104 Å². The zero-order chi connectivity index (χ0) is 12.5. The molecule has 0 saturated heterocycles. The number of aromatic nitrogens is 2. The van der Waals surface area contributed by atoms with Gasteiger partial charge in [-0.1, -0.05) is 25.1 Å². The van der Waals surface area contributed by atoms with E-state index >= 15 is 0 Å². The van der Waals surface area contributed by atoms with Crippen molar-refractivity contribution >= 4 is 11.1 Å². The number of benzene rings is 1. The van der Waals surface area contributed by atoms with Crippen molar-refractivity contribution in [1.82, 2.24) is 9.55 Å². The molecule has 1 aromatic carbocycles. The van der Waals surface area contributed by atoms with Crippen molar-refractivity contribution in [2.24, 2.45) is 0 Å². The van der Waals surface area contributed by atoms with E-state index in [1.54, 1.807) is 10.6 Å². The topological polar surface area (TPSA) is 48.0 Å². The van der Waals surface area contributed by atoms with Crippen LogP contribution in [0.1, 0.15) is 12.7 Å². The van der Waals surface area contributed by atoms with Gasteiger partial charge in [0.2, 0.25) is 5.71 Å². The molecule has 0 unspecified atom stereocenters. The molecular formula is C14H12N2O2. The molecule has 0 atom stereocenters. The van der Waals surface area contributed by atoms with Gasteiger partial charge in [-0.3, -0.25) is 9.36 Å². The second kappa shape index (κ2) is 4.14. The van der Waals surface area contributed by atoms with Crippen LogP contribution in [0.2, 0.25) is 0 Å². The largest absolute Gasteiger partial charge is 0.446 e. The number of rotatable bonds is 2. The summed E-state index contributed by atoms with van der Waals surface area (Å²) in [7, 11) is 0. The predicted molar refractivity (Wildman–Crippen MR) is 69.0 cm³/mol. The molecule has 3 rings (SSSR count). The summed E-state index contributed by atoms with van der Waals surface area (Å²) in [6.07, 6.45) is 2.16. The van der Waals surface area contributed by atoms with Gasteiger partial charge in [0, 0.05) is 6.42 Å². The van der Waals surface area contributed by atoms with Gasteiger partial charge >= 0.3 is 0 Å². The average molecular weight is 240 g/mol. The number of para-hydroxylation sites is 1. The normalized spacial score (nSPS) is 10.9. The summed E-state index contributed by atoms with van der Waals surface area (Å²) in [5.41, 5.74) is 1.15. The zero-order valence-electron chi connectivity index (χ0n) is 9.96. The molecule has 0 radical (unpaired) electrons. The van der Waals surface area contributed by atoms with Gasteiger partial charge in [0.1, 0.15) is 11.2 Å². The lowest BCUT2D eigenvalue weighted by Gasteiger charge is -2.10. The lowest BCUT2D eigenvalue weighted by molar-refractivity contribution is 0.597. The van der Waals surface area contributed by atoms with E-state index in [2.05, 4.69) is 4.98 Å². The fourth-order valence-corrected chi connectivity index (χ4v) is 2.04. The lowest BCUT2D eigenvalue weighted by atomic mass is 10.3. The van der Waals surface area contributed by atoms with Crippen LogP contribution in [-0.4, -0.2) is 9.55 Å². The highest BCUT2D eigenvalue weighted by Gasteiger charge is 2.12. The quantitative estimate of drug-likeness (QED) is 0.691. The second-order valence-corrected chi connectivity index (χ2v) is 4.00. The van der Waals surface area contributed by atoms with Crippen LogP contribution in [0.5, 0.6) is 0 Å². The number of furan rings is 1. The number of aryl methyl sites for hydroxylation is 1. The van der Waals surface area contributed by atoms with E-state index in [-0.39, 0.29) is 5.56 Å². The van der Waals surface area contributed by atoms with Crippen molar-refractivity contribution in [3.05, 3.63) is 58.8 Å². The molecular weight excluding hydrogens is 228 g/mol. The molecule has 0 amide bonds. The van der Waals surface area contributed by atoms with Crippen LogP contribution in [0.3, 0.4) is 0 Å². The molecule has 0 N–H and O–H groups in total. The molecule has 0 aliphatic rings. The minimum atomic E-state index is -0.0863. The third kappa shape index (κ3) is 1.54. The van der Waals surface area contributed by atoms with Gasteiger partial charge in [-0.2, -0.15) is 4.98 Å². The van der Waals surface area contributed by atoms with Crippen molar-refractivity contribution in [3.63, 3.8) is 0 Å². The van der Waals surface area contributed by atoms with Crippen molar-refractivity contribution in [2.75, 3.05) is 0 Å². The Morgan fingerprint density at radius 2 is 2.00 bits per heavy atom.